The molecule has 9 nitrogen and oxygen atoms in total. The summed E-state index contributed by atoms with van der Waals surface area (Å²) in [5.74, 6) is -1.32. The van der Waals surface area contributed by atoms with Gasteiger partial charge in [0, 0.05) is 6.07 Å². The summed E-state index contributed by atoms with van der Waals surface area (Å²) in [6.45, 7) is 0. The molecule has 0 saturated carbocycles. The van der Waals surface area contributed by atoms with E-state index in [0.717, 1.165) is 18.2 Å². The fourth-order valence-electron chi connectivity index (χ4n) is 2.25. The largest absolute Gasteiger partial charge is 0.595 e. The summed E-state index contributed by atoms with van der Waals surface area (Å²) in [6.07, 6.45) is -34.1. The Kier molecular flexibility index (Phi) is 8.00. The number of nitrogens with one attached hydrogen (secondary N) is 2. The second kappa shape index (κ2) is 9.97. The third kappa shape index (κ3) is 7.58. The number of alkyl halides is 12. The molecule has 1 unspecified atom stereocenters. The Balaban J connectivity index is 2.60. The Labute approximate surface area is 189 Å². The molecule has 2 aromatic rings. The minimum Gasteiger partial charge on any atom is -0.595 e. The first-order chi connectivity index (χ1) is 16.2. The lowest BCUT2D eigenvalue weighted by atomic mass is 10.3. The van der Waals surface area contributed by atoms with Crippen LogP contribution >= 0.6 is 0 Å². The first kappa shape index (κ1) is 28.9. The third-order valence-corrected chi connectivity index (χ3v) is 3.63. The van der Waals surface area contributed by atoms with E-state index in [-0.39, 0.29) is 0 Å². The lowest BCUT2D eigenvalue weighted by Crippen LogP contribution is -2.99. The van der Waals surface area contributed by atoms with E-state index in [2.05, 4.69) is 24.4 Å². The molecule has 0 aliphatic heterocycles. The van der Waals surface area contributed by atoms with Gasteiger partial charge in [-0.05, 0) is 6.07 Å². The van der Waals surface area contributed by atoms with Crippen molar-refractivity contribution in [2.24, 2.45) is 0 Å². The van der Waals surface area contributed by atoms with Crippen molar-refractivity contribution in [1.82, 2.24) is 15.0 Å². The quantitative estimate of drug-likeness (QED) is 0.352. The number of ether oxygens (including phenoxy) is 2. The van der Waals surface area contributed by atoms with Crippen LogP contribution in [-0.4, -0.2) is 57.1 Å². The molecule has 3 N–H and O–H groups in total. The number of quaternary nitrogens is 1. The van der Waals surface area contributed by atoms with Gasteiger partial charge in [0.05, 0.1) is 0 Å². The molecule has 0 saturated heterocycles. The highest BCUT2D eigenvalue weighted by Crippen LogP contribution is 2.38. The van der Waals surface area contributed by atoms with Crippen LogP contribution in [0.3, 0.4) is 0 Å². The molecule has 2 rings (SSSR count). The van der Waals surface area contributed by atoms with Crippen LogP contribution in [0, 0.1) is 5.21 Å². The summed E-state index contributed by atoms with van der Waals surface area (Å²) in [6, 6.07) is 0.0670. The average Bonchev–Trinajstić information content (AvgIpc) is 2.67. The Morgan fingerprint density at radius 1 is 0.722 bits per heavy atom. The number of rotatable bonds is 7. The molecule has 0 radical (unpaired) electrons. The number of hydrogen-bond donors (Lipinski definition) is 3. The van der Waals surface area contributed by atoms with Gasteiger partial charge in [0.25, 0.3) is 12.2 Å². The van der Waals surface area contributed by atoms with Crippen molar-refractivity contribution in [2.45, 2.75) is 36.9 Å². The Hall–Kier alpha value is -3.33. The molecule has 0 bridgehead atoms. The number of benzene rings is 1. The van der Waals surface area contributed by atoms with Crippen LogP contribution in [0.25, 0.3) is 0 Å². The van der Waals surface area contributed by atoms with Crippen LogP contribution in [0.4, 0.5) is 70.0 Å². The van der Waals surface area contributed by atoms with Crippen LogP contribution in [0.15, 0.2) is 24.3 Å². The van der Waals surface area contributed by atoms with Crippen LogP contribution in [0.2, 0.25) is 0 Å². The standard InChI is InChI=1S/C15H9F12N5O4/c16-12(17,18)7(13(19,20)21)35-10-29-9(28-5-3-1-2-4-6(5)32(33)34)30-11(31-10)36-8(14(22,23)24)15(25,26)27/h1-4,7-8,32-33H,(H,28,29,30,31). The Morgan fingerprint density at radius 2 is 1.11 bits per heavy atom. The summed E-state index contributed by atoms with van der Waals surface area (Å²) in [7, 11) is 0. The second-order valence-corrected chi connectivity index (χ2v) is 6.36. The van der Waals surface area contributed by atoms with E-state index in [1.165, 1.54) is 6.07 Å². The van der Waals surface area contributed by atoms with Crippen molar-refractivity contribution in [3.8, 4) is 12.0 Å². The summed E-state index contributed by atoms with van der Waals surface area (Å²) >= 11 is 0. The van der Waals surface area contributed by atoms with Gasteiger partial charge in [0.2, 0.25) is 5.95 Å². The first-order valence-corrected chi connectivity index (χ1v) is 8.65. The number of aromatic nitrogens is 3. The van der Waals surface area contributed by atoms with Crippen LogP contribution < -0.4 is 20.0 Å². The first-order valence-electron chi connectivity index (χ1n) is 8.65. The zero-order chi connectivity index (χ0) is 27.7. The highest BCUT2D eigenvalue weighted by atomic mass is 19.4. The van der Waals surface area contributed by atoms with E-state index in [1.807, 2.05) is 5.32 Å². The molecule has 0 spiro atoms. The SMILES string of the molecule is [O-][NH+](O)c1ccccc1Nc1nc(OC(C(F)(F)F)C(F)(F)F)nc(OC(C(F)(F)F)C(F)(F)F)n1. The van der Waals surface area contributed by atoms with Crippen LogP contribution in [0.1, 0.15) is 0 Å². The molecule has 1 atom stereocenters. The van der Waals surface area contributed by atoms with Gasteiger partial charge in [-0.15, -0.1) is 4.98 Å². The number of hydrogen-bond acceptors (Lipinski definition) is 8. The summed E-state index contributed by atoms with van der Waals surface area (Å²) < 4.78 is 161. The molecule has 21 heteroatoms. The summed E-state index contributed by atoms with van der Waals surface area (Å²) in [5.41, 5.74) is -1.14. The monoisotopic (exact) mass is 551 g/mol. The summed E-state index contributed by atoms with van der Waals surface area (Å²) in [5, 5.41) is 20.6. The van der Waals surface area contributed by atoms with Gasteiger partial charge in [-0.1, -0.05) is 12.1 Å². The van der Waals surface area contributed by atoms with E-state index >= 15 is 0 Å². The van der Waals surface area contributed by atoms with Gasteiger partial charge >= 0.3 is 36.7 Å². The minimum atomic E-state index is -6.18. The van der Waals surface area contributed by atoms with Crippen molar-refractivity contribution in [3.05, 3.63) is 29.5 Å². The highest BCUT2D eigenvalue weighted by molar-refractivity contribution is 5.66. The normalized spacial score (nSPS) is 14.2. The smallest absolute Gasteiger partial charge is 0.434 e. The topological polar surface area (TPSA) is 117 Å². The maximum atomic E-state index is 12.8. The van der Waals surface area contributed by atoms with Gasteiger partial charge < -0.3 is 20.0 Å². The minimum absolute atomic E-state index is 0.528. The predicted octanol–water partition coefficient (Wildman–Crippen LogP) is 3.76. The fourth-order valence-corrected chi connectivity index (χ4v) is 2.25. The predicted molar refractivity (Wildman–Crippen MR) is 88.4 cm³/mol. The van der Waals surface area contributed by atoms with Gasteiger partial charge in [0.1, 0.15) is 5.69 Å². The maximum Gasteiger partial charge on any atom is 0.434 e. The molecule has 1 heterocycles. The average molecular weight is 551 g/mol. The Bertz CT molecular complexity index is 961. The highest BCUT2D eigenvalue weighted by Gasteiger charge is 2.61. The zero-order valence-corrected chi connectivity index (χ0v) is 16.5. The van der Waals surface area contributed by atoms with Crippen molar-refractivity contribution in [3.63, 3.8) is 0 Å². The number of para-hydroxylation sites is 2. The molecule has 0 amide bonds. The molecule has 1 aromatic heterocycles. The molecule has 0 aliphatic rings. The third-order valence-electron chi connectivity index (χ3n) is 3.63. The van der Waals surface area contributed by atoms with Gasteiger partial charge in [-0.3, -0.25) is 0 Å². The van der Waals surface area contributed by atoms with E-state index < -0.39 is 71.5 Å². The summed E-state index contributed by atoms with van der Waals surface area (Å²) in [4.78, 5) is 8.42. The van der Waals surface area contributed by atoms with Crippen LogP contribution in [-0.2, 0) is 0 Å². The molecule has 0 fully saturated rings. The van der Waals surface area contributed by atoms with E-state index in [4.69, 9.17) is 5.21 Å². The molecule has 1 aromatic carbocycles. The van der Waals surface area contributed by atoms with Gasteiger partial charge in [-0.2, -0.15) is 67.9 Å². The van der Waals surface area contributed by atoms with E-state index in [0.29, 0.717) is 0 Å². The molecular weight excluding hydrogens is 542 g/mol. The molecule has 0 aliphatic carbocycles. The molecular formula is C15H9F12N5O4. The van der Waals surface area contributed by atoms with Crippen LogP contribution in [0.5, 0.6) is 12.0 Å². The van der Waals surface area contributed by atoms with E-state index in [9.17, 15) is 57.9 Å². The number of halogens is 12. The molecule has 36 heavy (non-hydrogen) atoms. The number of nitrogens with zero attached hydrogens (tertiary/aromatic N) is 3. The van der Waals surface area contributed by atoms with Gasteiger partial charge in [-0.25, -0.2) is 5.21 Å². The van der Waals surface area contributed by atoms with Gasteiger partial charge in [0.15, 0.2) is 5.69 Å². The maximum absolute atomic E-state index is 12.8. The zero-order valence-electron chi connectivity index (χ0n) is 16.5. The number of anilines is 2. The fraction of sp³-hybridized carbons (Fsp3) is 0.400. The van der Waals surface area contributed by atoms with Crippen molar-refractivity contribution in [1.29, 1.82) is 0 Å². The van der Waals surface area contributed by atoms with Crippen molar-refractivity contribution in [2.75, 3.05) is 5.32 Å². The lowest BCUT2D eigenvalue weighted by molar-refractivity contribution is -0.990. The van der Waals surface area contributed by atoms with Crippen molar-refractivity contribution < 1.29 is 72.6 Å². The second-order valence-electron chi connectivity index (χ2n) is 6.36. The Morgan fingerprint density at radius 3 is 1.47 bits per heavy atom. The van der Waals surface area contributed by atoms with Crippen molar-refractivity contribution >= 4 is 17.3 Å². The lowest BCUT2D eigenvalue weighted by Gasteiger charge is -2.24. The molecule has 202 valence electrons. The van der Waals surface area contributed by atoms with E-state index in [1.54, 1.807) is 0 Å².